The van der Waals surface area contributed by atoms with Crippen molar-refractivity contribution in [2.75, 3.05) is 6.61 Å². The van der Waals surface area contributed by atoms with E-state index >= 15 is 0 Å². The minimum absolute atomic E-state index is 0.245. The van der Waals surface area contributed by atoms with E-state index in [9.17, 15) is 0 Å². The van der Waals surface area contributed by atoms with Gasteiger partial charge >= 0.3 is 0 Å². The molecule has 0 saturated carbocycles. The minimum Gasteiger partial charge on any atom is -0.449 e. The van der Waals surface area contributed by atoms with Gasteiger partial charge < -0.3 is 9.52 Å². The predicted octanol–water partition coefficient (Wildman–Crippen LogP) is 1.24. The number of oxazole rings is 1. The van der Waals surface area contributed by atoms with E-state index < -0.39 is 0 Å². The third-order valence-electron chi connectivity index (χ3n) is 1.66. The molecule has 3 nitrogen and oxygen atoms in total. The van der Waals surface area contributed by atoms with Gasteiger partial charge in [-0.25, -0.2) is 4.98 Å². The Morgan fingerprint density at radius 3 is 3.09 bits per heavy atom. The van der Waals surface area contributed by atoms with Crippen LogP contribution in [0, 0.1) is 5.92 Å². The number of aliphatic hydroxyl groups excluding tert-OH is 1. The lowest BCUT2D eigenvalue weighted by Gasteiger charge is -2.05. The quantitative estimate of drug-likeness (QED) is 0.711. The summed E-state index contributed by atoms with van der Waals surface area (Å²) in [7, 11) is 0. The molecule has 0 spiro atoms. The van der Waals surface area contributed by atoms with E-state index in [1.54, 1.807) is 6.20 Å². The van der Waals surface area contributed by atoms with Crippen LogP contribution in [0.15, 0.2) is 17.0 Å². The zero-order valence-electron chi connectivity index (χ0n) is 6.66. The molecular weight excluding hydrogens is 142 g/mol. The van der Waals surface area contributed by atoms with Crippen LogP contribution in [-0.2, 0) is 6.42 Å². The van der Waals surface area contributed by atoms with E-state index in [1.807, 2.05) is 0 Å². The van der Waals surface area contributed by atoms with Gasteiger partial charge in [0.25, 0.3) is 0 Å². The highest BCUT2D eigenvalue weighted by atomic mass is 16.3. The van der Waals surface area contributed by atoms with Crippen LogP contribution >= 0.6 is 0 Å². The molecule has 1 heterocycles. The molecule has 1 aromatic heterocycles. The summed E-state index contributed by atoms with van der Waals surface area (Å²) in [6.45, 7) is 2.33. The highest BCUT2D eigenvalue weighted by Gasteiger charge is 2.04. The van der Waals surface area contributed by atoms with Crippen molar-refractivity contribution >= 4 is 0 Å². The normalized spacial score (nSPS) is 13.3. The maximum absolute atomic E-state index is 8.62. The fourth-order valence-corrected chi connectivity index (χ4v) is 1.01. The Labute approximate surface area is 66.1 Å². The van der Waals surface area contributed by atoms with Crippen LogP contribution < -0.4 is 0 Å². The average molecular weight is 155 g/mol. The van der Waals surface area contributed by atoms with Crippen molar-refractivity contribution in [2.24, 2.45) is 5.92 Å². The molecule has 0 aliphatic rings. The molecule has 1 N–H and O–H groups in total. The molecule has 1 rings (SSSR count). The average Bonchev–Trinajstić information content (AvgIpc) is 2.40. The molecule has 3 heteroatoms. The van der Waals surface area contributed by atoms with Gasteiger partial charge in [-0.2, -0.15) is 0 Å². The van der Waals surface area contributed by atoms with Crippen molar-refractivity contribution in [3.05, 3.63) is 18.4 Å². The van der Waals surface area contributed by atoms with Crippen LogP contribution in [0.25, 0.3) is 0 Å². The molecule has 1 unspecified atom stereocenters. The summed E-state index contributed by atoms with van der Waals surface area (Å²) in [5.41, 5.74) is 0. The highest BCUT2D eigenvalue weighted by Crippen LogP contribution is 2.09. The third kappa shape index (κ3) is 2.72. The first-order valence-electron chi connectivity index (χ1n) is 3.81. The monoisotopic (exact) mass is 155 g/mol. The van der Waals surface area contributed by atoms with Gasteiger partial charge in [-0.3, -0.25) is 0 Å². The number of aromatic nitrogens is 1. The molecule has 1 aromatic rings. The Kier molecular flexibility index (Phi) is 3.11. The zero-order chi connectivity index (χ0) is 8.10. The summed E-state index contributed by atoms with van der Waals surface area (Å²) in [6, 6.07) is 0. The summed E-state index contributed by atoms with van der Waals surface area (Å²) in [4.78, 5) is 3.81. The molecule has 0 fully saturated rings. The lowest BCUT2D eigenvalue weighted by Crippen LogP contribution is -2.01. The Morgan fingerprint density at radius 2 is 2.55 bits per heavy atom. The summed E-state index contributed by atoms with van der Waals surface area (Å²) >= 11 is 0. The first-order valence-corrected chi connectivity index (χ1v) is 3.81. The van der Waals surface area contributed by atoms with Crippen LogP contribution in [0.5, 0.6) is 0 Å². The van der Waals surface area contributed by atoms with Gasteiger partial charge in [-0.15, -0.1) is 0 Å². The smallest absolute Gasteiger partial charge is 0.180 e. The largest absolute Gasteiger partial charge is 0.449 e. The van der Waals surface area contributed by atoms with Gasteiger partial charge in [0.1, 0.15) is 5.76 Å². The molecular formula is C8H13NO2. The molecule has 11 heavy (non-hydrogen) atoms. The maximum Gasteiger partial charge on any atom is 0.180 e. The molecule has 0 radical (unpaired) electrons. The van der Waals surface area contributed by atoms with Crippen LogP contribution in [0.1, 0.15) is 19.1 Å². The zero-order valence-corrected chi connectivity index (χ0v) is 6.66. The topological polar surface area (TPSA) is 46.3 Å². The Hall–Kier alpha value is -0.830. The molecule has 0 bridgehead atoms. The van der Waals surface area contributed by atoms with E-state index in [1.165, 1.54) is 6.39 Å². The van der Waals surface area contributed by atoms with E-state index in [-0.39, 0.29) is 6.61 Å². The summed E-state index contributed by atoms with van der Waals surface area (Å²) in [5, 5.41) is 8.62. The lowest BCUT2D eigenvalue weighted by molar-refractivity contribution is 0.259. The van der Waals surface area contributed by atoms with Gasteiger partial charge in [0.2, 0.25) is 0 Å². The number of nitrogens with zero attached hydrogens (tertiary/aromatic N) is 1. The second-order valence-corrected chi connectivity index (χ2v) is 2.79. The van der Waals surface area contributed by atoms with E-state index in [0.717, 1.165) is 18.6 Å². The Balaban J connectivity index is 2.31. The van der Waals surface area contributed by atoms with Crippen molar-refractivity contribution in [3.8, 4) is 0 Å². The fraction of sp³-hybridized carbons (Fsp3) is 0.625. The predicted molar refractivity (Wildman–Crippen MR) is 41.1 cm³/mol. The van der Waals surface area contributed by atoms with Crippen LogP contribution in [0.2, 0.25) is 0 Å². The van der Waals surface area contributed by atoms with Gasteiger partial charge in [0, 0.05) is 13.0 Å². The van der Waals surface area contributed by atoms with Crippen LogP contribution in [-0.4, -0.2) is 16.7 Å². The lowest BCUT2D eigenvalue weighted by atomic mass is 10.0. The first-order chi connectivity index (χ1) is 5.33. The number of hydrogen-bond acceptors (Lipinski definition) is 3. The molecule has 0 aliphatic carbocycles. The molecule has 1 atom stereocenters. The second-order valence-electron chi connectivity index (χ2n) is 2.79. The van der Waals surface area contributed by atoms with E-state index in [4.69, 9.17) is 9.52 Å². The molecule has 62 valence electrons. The maximum atomic E-state index is 8.62. The summed E-state index contributed by atoms with van der Waals surface area (Å²) in [6.07, 6.45) is 4.83. The number of hydrogen-bond donors (Lipinski definition) is 1. The second kappa shape index (κ2) is 4.13. The van der Waals surface area contributed by atoms with Gasteiger partial charge in [0.15, 0.2) is 6.39 Å². The first kappa shape index (κ1) is 8.27. The van der Waals surface area contributed by atoms with Crippen molar-refractivity contribution in [2.45, 2.75) is 19.8 Å². The number of rotatable bonds is 4. The Morgan fingerprint density at radius 1 is 1.73 bits per heavy atom. The van der Waals surface area contributed by atoms with Gasteiger partial charge in [0.05, 0.1) is 6.20 Å². The third-order valence-corrected chi connectivity index (χ3v) is 1.66. The van der Waals surface area contributed by atoms with Crippen LogP contribution in [0.3, 0.4) is 0 Å². The van der Waals surface area contributed by atoms with E-state index in [0.29, 0.717) is 5.92 Å². The standard InChI is InChI=1S/C8H13NO2/c1-7(2-3-10)4-8-5-9-6-11-8/h5-7,10H,2-4H2,1H3. The van der Waals surface area contributed by atoms with Crippen molar-refractivity contribution in [3.63, 3.8) is 0 Å². The van der Waals surface area contributed by atoms with Gasteiger partial charge in [-0.05, 0) is 12.3 Å². The van der Waals surface area contributed by atoms with Crippen molar-refractivity contribution < 1.29 is 9.52 Å². The van der Waals surface area contributed by atoms with Crippen LogP contribution in [0.4, 0.5) is 0 Å². The van der Waals surface area contributed by atoms with E-state index in [2.05, 4.69) is 11.9 Å². The molecule has 0 saturated heterocycles. The molecule has 0 aromatic carbocycles. The summed E-state index contributed by atoms with van der Waals surface area (Å²) < 4.78 is 5.06. The molecule has 0 amide bonds. The molecule has 0 aliphatic heterocycles. The Bertz CT molecular complexity index is 184. The van der Waals surface area contributed by atoms with Gasteiger partial charge in [-0.1, -0.05) is 6.92 Å². The number of aliphatic hydroxyl groups is 1. The highest BCUT2D eigenvalue weighted by molar-refractivity contribution is 4.89. The van der Waals surface area contributed by atoms with Crippen molar-refractivity contribution in [1.29, 1.82) is 0 Å². The minimum atomic E-state index is 0.245. The SMILES string of the molecule is CC(CCO)Cc1cnco1. The fourth-order valence-electron chi connectivity index (χ4n) is 1.01. The summed E-state index contributed by atoms with van der Waals surface area (Å²) in [5.74, 6) is 1.36. The van der Waals surface area contributed by atoms with Crippen molar-refractivity contribution in [1.82, 2.24) is 4.98 Å².